The third-order valence-electron chi connectivity index (χ3n) is 4.34. The van der Waals surface area contributed by atoms with Gasteiger partial charge in [0.1, 0.15) is 29.0 Å². The number of nitrogens with zero attached hydrogens (tertiary/aromatic N) is 2. The van der Waals surface area contributed by atoms with Crippen molar-refractivity contribution in [2.45, 2.75) is 38.0 Å². The van der Waals surface area contributed by atoms with Crippen LogP contribution >= 0.6 is 0 Å². The lowest BCUT2D eigenvalue weighted by Gasteiger charge is -2.21. The van der Waals surface area contributed by atoms with Crippen molar-refractivity contribution in [1.82, 2.24) is 9.55 Å². The number of nitrogen functional groups attached to an aromatic ring is 1. The van der Waals surface area contributed by atoms with Crippen LogP contribution in [0.25, 0.3) is 11.3 Å². The van der Waals surface area contributed by atoms with Gasteiger partial charge in [0, 0.05) is 13.0 Å². The molecule has 0 aliphatic heterocycles. The fraction of sp³-hybridized carbons (Fsp3) is 0.438. The van der Waals surface area contributed by atoms with E-state index in [1.807, 2.05) is 7.05 Å². The molecule has 112 valence electrons. The third kappa shape index (κ3) is 2.41. The summed E-state index contributed by atoms with van der Waals surface area (Å²) in [6, 6.07) is 3.80. The van der Waals surface area contributed by atoms with Gasteiger partial charge in [0.15, 0.2) is 0 Å². The monoisotopic (exact) mass is 291 g/mol. The Balaban J connectivity index is 2.08. The van der Waals surface area contributed by atoms with Crippen molar-refractivity contribution in [3.63, 3.8) is 0 Å². The Morgan fingerprint density at radius 1 is 1.14 bits per heavy atom. The number of hydrogen-bond donors (Lipinski definition) is 1. The van der Waals surface area contributed by atoms with Gasteiger partial charge in [-0.2, -0.15) is 0 Å². The van der Waals surface area contributed by atoms with E-state index in [-0.39, 0.29) is 11.3 Å². The fourth-order valence-electron chi connectivity index (χ4n) is 3.16. The van der Waals surface area contributed by atoms with Crippen LogP contribution in [0.2, 0.25) is 0 Å². The molecule has 2 N–H and O–H groups in total. The van der Waals surface area contributed by atoms with Gasteiger partial charge < -0.3 is 10.3 Å². The molecule has 21 heavy (non-hydrogen) atoms. The molecule has 3 nitrogen and oxygen atoms in total. The van der Waals surface area contributed by atoms with E-state index >= 15 is 0 Å². The molecule has 1 saturated carbocycles. The summed E-state index contributed by atoms with van der Waals surface area (Å²) < 4.78 is 29.7. The van der Waals surface area contributed by atoms with E-state index in [0.717, 1.165) is 18.7 Å². The quantitative estimate of drug-likeness (QED) is 0.909. The molecule has 0 bridgehead atoms. The largest absolute Gasteiger partial charge is 0.383 e. The van der Waals surface area contributed by atoms with Crippen LogP contribution in [0.4, 0.5) is 14.6 Å². The number of nitrogens with two attached hydrogens (primary N) is 1. The molecule has 0 unspecified atom stereocenters. The molecular weight excluding hydrogens is 272 g/mol. The van der Waals surface area contributed by atoms with Gasteiger partial charge in [-0.05, 0) is 25.0 Å². The van der Waals surface area contributed by atoms with Crippen molar-refractivity contribution in [2.75, 3.05) is 5.73 Å². The number of hydrogen-bond acceptors (Lipinski definition) is 2. The molecular formula is C16H19F2N3. The predicted octanol–water partition coefficient (Wildman–Crippen LogP) is 4.00. The third-order valence-corrected chi connectivity index (χ3v) is 4.34. The summed E-state index contributed by atoms with van der Waals surface area (Å²) in [4.78, 5) is 4.48. The Bertz CT molecular complexity index is 638. The van der Waals surface area contributed by atoms with E-state index in [1.54, 1.807) is 4.57 Å². The first-order valence-corrected chi connectivity index (χ1v) is 7.36. The molecule has 0 radical (unpaired) electrons. The van der Waals surface area contributed by atoms with Crippen LogP contribution in [0.15, 0.2) is 18.2 Å². The normalized spacial score (nSPS) is 16.3. The van der Waals surface area contributed by atoms with Gasteiger partial charge in [-0.3, -0.25) is 0 Å². The number of benzene rings is 1. The lowest BCUT2D eigenvalue weighted by atomic mass is 9.89. The number of anilines is 1. The van der Waals surface area contributed by atoms with E-state index in [9.17, 15) is 8.78 Å². The SMILES string of the molecule is Cn1c(C2CCCCC2)nc(-c2c(F)cccc2F)c1N. The van der Waals surface area contributed by atoms with E-state index in [1.165, 1.54) is 37.5 Å². The molecule has 1 heterocycles. The lowest BCUT2D eigenvalue weighted by molar-refractivity contribution is 0.422. The Morgan fingerprint density at radius 3 is 2.38 bits per heavy atom. The summed E-state index contributed by atoms with van der Waals surface area (Å²) in [6.45, 7) is 0. The maximum Gasteiger partial charge on any atom is 0.135 e. The summed E-state index contributed by atoms with van der Waals surface area (Å²) in [5.74, 6) is 0.226. The van der Waals surface area contributed by atoms with Crippen LogP contribution in [0.1, 0.15) is 43.8 Å². The molecule has 0 atom stereocenters. The van der Waals surface area contributed by atoms with Crippen molar-refractivity contribution in [3.8, 4) is 11.3 Å². The standard InChI is InChI=1S/C16H19F2N3/c1-21-15(19)14(13-11(17)8-5-9-12(13)18)20-16(21)10-6-3-2-4-7-10/h5,8-10H,2-4,6-7,19H2,1H3. The number of rotatable bonds is 2. The maximum atomic E-state index is 14.0. The molecule has 3 rings (SSSR count). The fourth-order valence-corrected chi connectivity index (χ4v) is 3.16. The average Bonchev–Trinajstić information content (AvgIpc) is 2.77. The zero-order valence-corrected chi connectivity index (χ0v) is 12.1. The van der Waals surface area contributed by atoms with Gasteiger partial charge in [0.25, 0.3) is 0 Å². The highest BCUT2D eigenvalue weighted by molar-refractivity contribution is 5.72. The number of aromatic nitrogens is 2. The van der Waals surface area contributed by atoms with Gasteiger partial charge >= 0.3 is 0 Å². The topological polar surface area (TPSA) is 43.8 Å². The van der Waals surface area contributed by atoms with Gasteiger partial charge in [-0.25, -0.2) is 13.8 Å². The first-order chi connectivity index (χ1) is 10.1. The maximum absolute atomic E-state index is 14.0. The van der Waals surface area contributed by atoms with Crippen LogP contribution in [0, 0.1) is 11.6 Å². The zero-order chi connectivity index (χ0) is 15.0. The second-order valence-electron chi connectivity index (χ2n) is 5.69. The van der Waals surface area contributed by atoms with E-state index in [2.05, 4.69) is 4.98 Å². The van der Waals surface area contributed by atoms with E-state index in [4.69, 9.17) is 5.73 Å². The summed E-state index contributed by atoms with van der Waals surface area (Å²) in [5, 5.41) is 0. The van der Waals surface area contributed by atoms with Gasteiger partial charge in [-0.15, -0.1) is 0 Å². The Kier molecular flexibility index (Phi) is 3.66. The van der Waals surface area contributed by atoms with E-state index in [0.29, 0.717) is 11.7 Å². The van der Waals surface area contributed by atoms with E-state index < -0.39 is 11.6 Å². The molecule has 1 aliphatic rings. The summed E-state index contributed by atoms with van der Waals surface area (Å²) >= 11 is 0. The number of halogens is 2. The molecule has 2 aromatic rings. The second-order valence-corrected chi connectivity index (χ2v) is 5.69. The minimum Gasteiger partial charge on any atom is -0.383 e. The minimum absolute atomic E-state index is 0.132. The zero-order valence-electron chi connectivity index (χ0n) is 12.1. The van der Waals surface area contributed by atoms with Crippen molar-refractivity contribution in [2.24, 2.45) is 7.05 Å². The molecule has 1 aromatic carbocycles. The molecule has 0 amide bonds. The van der Waals surface area contributed by atoms with Crippen LogP contribution in [-0.4, -0.2) is 9.55 Å². The lowest BCUT2D eigenvalue weighted by Crippen LogP contribution is -2.11. The van der Waals surface area contributed by atoms with Crippen molar-refractivity contribution < 1.29 is 8.78 Å². The van der Waals surface area contributed by atoms with Crippen molar-refractivity contribution >= 4 is 5.82 Å². The van der Waals surface area contributed by atoms with Gasteiger partial charge in [0.2, 0.25) is 0 Å². The summed E-state index contributed by atoms with van der Waals surface area (Å²) in [7, 11) is 1.81. The second kappa shape index (κ2) is 5.47. The Morgan fingerprint density at radius 2 is 1.76 bits per heavy atom. The van der Waals surface area contributed by atoms with Crippen LogP contribution in [0.3, 0.4) is 0 Å². The summed E-state index contributed by atoms with van der Waals surface area (Å²) in [5.41, 5.74) is 6.13. The molecule has 1 aromatic heterocycles. The van der Waals surface area contributed by atoms with Crippen LogP contribution < -0.4 is 5.73 Å². The Labute approximate surface area is 122 Å². The van der Waals surface area contributed by atoms with Gasteiger partial charge in [-0.1, -0.05) is 25.3 Å². The highest BCUT2D eigenvalue weighted by Crippen LogP contribution is 2.37. The minimum atomic E-state index is -0.630. The first kappa shape index (κ1) is 14.0. The van der Waals surface area contributed by atoms with Crippen molar-refractivity contribution in [1.29, 1.82) is 0 Å². The van der Waals surface area contributed by atoms with Crippen LogP contribution in [0.5, 0.6) is 0 Å². The molecule has 5 heteroatoms. The molecule has 1 fully saturated rings. The predicted molar refractivity (Wildman–Crippen MR) is 78.8 cm³/mol. The molecule has 1 aliphatic carbocycles. The number of imidazole rings is 1. The van der Waals surface area contributed by atoms with Gasteiger partial charge in [0.05, 0.1) is 5.56 Å². The first-order valence-electron chi connectivity index (χ1n) is 7.36. The molecule has 0 spiro atoms. The Hall–Kier alpha value is -1.91. The van der Waals surface area contributed by atoms with Crippen molar-refractivity contribution in [3.05, 3.63) is 35.7 Å². The smallest absolute Gasteiger partial charge is 0.135 e. The molecule has 0 saturated heterocycles. The average molecular weight is 291 g/mol. The van der Waals surface area contributed by atoms with Crippen LogP contribution in [-0.2, 0) is 7.05 Å². The highest BCUT2D eigenvalue weighted by atomic mass is 19.1. The highest BCUT2D eigenvalue weighted by Gasteiger charge is 2.25. The summed E-state index contributed by atoms with van der Waals surface area (Å²) in [6.07, 6.45) is 5.69.